The molecule has 0 atom stereocenters. The van der Waals surface area contributed by atoms with Crippen molar-refractivity contribution < 1.29 is 9.47 Å². The van der Waals surface area contributed by atoms with Crippen LogP contribution in [0.3, 0.4) is 0 Å². The highest BCUT2D eigenvalue weighted by Gasteiger charge is 2.20. The van der Waals surface area contributed by atoms with Crippen molar-refractivity contribution in [3.63, 3.8) is 0 Å². The Hall–Kier alpha value is -2.07. The Kier molecular flexibility index (Phi) is 4.69. The fraction of sp³-hybridized carbons (Fsp3) is 0.353. The van der Waals surface area contributed by atoms with Crippen molar-refractivity contribution >= 4 is 0 Å². The molecule has 0 unspecified atom stereocenters. The Balaban J connectivity index is 1.45. The van der Waals surface area contributed by atoms with Gasteiger partial charge in [0.1, 0.15) is 24.7 Å². The lowest BCUT2D eigenvalue weighted by atomic mass is 10.2. The molecule has 0 radical (unpaired) electrons. The molecule has 0 spiro atoms. The van der Waals surface area contributed by atoms with E-state index in [0.29, 0.717) is 19.3 Å². The van der Waals surface area contributed by atoms with E-state index in [1.165, 1.54) is 18.4 Å². The second-order valence-corrected chi connectivity index (χ2v) is 5.15. The van der Waals surface area contributed by atoms with Crippen LogP contribution in [0.4, 0.5) is 0 Å². The first-order valence-corrected chi connectivity index (χ1v) is 7.39. The maximum Gasteiger partial charge on any atom is 0.137 e. The summed E-state index contributed by atoms with van der Waals surface area (Å²) in [5.74, 6) is 1.70. The van der Waals surface area contributed by atoms with Gasteiger partial charge in [-0.05, 0) is 31.0 Å². The van der Waals surface area contributed by atoms with Crippen molar-refractivity contribution in [2.24, 2.45) is 0 Å². The zero-order valence-electron chi connectivity index (χ0n) is 12.0. The van der Waals surface area contributed by atoms with Crippen LogP contribution < -0.4 is 14.8 Å². The molecule has 0 saturated heterocycles. The van der Waals surface area contributed by atoms with Gasteiger partial charge in [-0.15, -0.1) is 0 Å². The highest BCUT2D eigenvalue weighted by atomic mass is 16.5. The van der Waals surface area contributed by atoms with Crippen LogP contribution in [-0.2, 0) is 6.54 Å². The number of hydrogen-bond acceptors (Lipinski definition) is 4. The molecule has 1 saturated carbocycles. The van der Waals surface area contributed by atoms with Gasteiger partial charge in [-0.25, -0.2) is 0 Å². The van der Waals surface area contributed by atoms with Gasteiger partial charge in [0.2, 0.25) is 0 Å². The van der Waals surface area contributed by atoms with E-state index in [9.17, 15) is 0 Å². The highest BCUT2D eigenvalue weighted by Crippen LogP contribution is 2.22. The monoisotopic (exact) mass is 284 g/mol. The molecule has 1 aliphatic rings. The second kappa shape index (κ2) is 7.09. The first kappa shape index (κ1) is 13.9. The predicted molar refractivity (Wildman–Crippen MR) is 81.5 cm³/mol. The van der Waals surface area contributed by atoms with Gasteiger partial charge in [0.05, 0.1) is 6.20 Å². The second-order valence-electron chi connectivity index (χ2n) is 5.15. The standard InChI is InChI=1S/C17H20N2O2/c1-2-6-17(14(4-1)12-19-15-7-8-15)21-11-10-20-16-5-3-9-18-13-16/h1-6,9,13,15,19H,7-8,10-12H2. The summed E-state index contributed by atoms with van der Waals surface area (Å²) in [7, 11) is 0. The number of aromatic nitrogens is 1. The van der Waals surface area contributed by atoms with Crippen molar-refractivity contribution in [3.8, 4) is 11.5 Å². The molecule has 1 fully saturated rings. The number of pyridine rings is 1. The molecule has 1 heterocycles. The van der Waals surface area contributed by atoms with Gasteiger partial charge < -0.3 is 14.8 Å². The molecule has 3 rings (SSSR count). The topological polar surface area (TPSA) is 43.4 Å². The Morgan fingerprint density at radius 1 is 1.05 bits per heavy atom. The summed E-state index contributed by atoms with van der Waals surface area (Å²) in [5, 5.41) is 3.51. The van der Waals surface area contributed by atoms with Crippen molar-refractivity contribution in [1.29, 1.82) is 0 Å². The number of para-hydroxylation sites is 1. The molecule has 21 heavy (non-hydrogen) atoms. The summed E-state index contributed by atoms with van der Waals surface area (Å²) < 4.78 is 11.4. The Labute approximate surface area is 125 Å². The van der Waals surface area contributed by atoms with Crippen molar-refractivity contribution in [3.05, 3.63) is 54.4 Å². The summed E-state index contributed by atoms with van der Waals surface area (Å²) in [5.41, 5.74) is 1.20. The summed E-state index contributed by atoms with van der Waals surface area (Å²) in [6.45, 7) is 1.90. The van der Waals surface area contributed by atoms with Gasteiger partial charge in [-0.3, -0.25) is 4.98 Å². The molecule has 4 heteroatoms. The van der Waals surface area contributed by atoms with E-state index >= 15 is 0 Å². The van der Waals surface area contributed by atoms with E-state index in [1.807, 2.05) is 30.3 Å². The lowest BCUT2D eigenvalue weighted by Crippen LogP contribution is -2.17. The average molecular weight is 284 g/mol. The SMILES string of the molecule is c1cncc(OCCOc2ccccc2CNC2CC2)c1. The number of nitrogens with zero attached hydrogens (tertiary/aromatic N) is 1. The number of benzene rings is 1. The Bertz CT molecular complexity index is 556. The van der Waals surface area contributed by atoms with E-state index in [-0.39, 0.29) is 0 Å². The third-order valence-corrected chi connectivity index (χ3v) is 3.38. The molecule has 1 aromatic carbocycles. The van der Waals surface area contributed by atoms with Crippen molar-refractivity contribution in [2.45, 2.75) is 25.4 Å². The summed E-state index contributed by atoms with van der Waals surface area (Å²) in [6.07, 6.45) is 6.02. The molecular weight excluding hydrogens is 264 g/mol. The molecule has 1 aromatic heterocycles. The molecular formula is C17H20N2O2. The number of rotatable bonds is 8. The third-order valence-electron chi connectivity index (χ3n) is 3.38. The third kappa shape index (κ3) is 4.46. The van der Waals surface area contributed by atoms with E-state index < -0.39 is 0 Å². The first-order valence-electron chi connectivity index (χ1n) is 7.39. The van der Waals surface area contributed by atoms with Gasteiger partial charge in [-0.1, -0.05) is 18.2 Å². The van der Waals surface area contributed by atoms with Crippen LogP contribution in [-0.4, -0.2) is 24.2 Å². The molecule has 1 aliphatic carbocycles. The van der Waals surface area contributed by atoms with Crippen LogP contribution in [0.25, 0.3) is 0 Å². The van der Waals surface area contributed by atoms with Gasteiger partial charge in [-0.2, -0.15) is 0 Å². The normalized spacial score (nSPS) is 13.9. The van der Waals surface area contributed by atoms with E-state index in [4.69, 9.17) is 9.47 Å². The van der Waals surface area contributed by atoms with Gasteiger partial charge in [0.15, 0.2) is 0 Å². The fourth-order valence-corrected chi connectivity index (χ4v) is 2.08. The van der Waals surface area contributed by atoms with Crippen LogP contribution in [0.1, 0.15) is 18.4 Å². The number of nitrogens with one attached hydrogen (secondary N) is 1. The molecule has 0 amide bonds. The highest BCUT2D eigenvalue weighted by molar-refractivity contribution is 5.33. The maximum absolute atomic E-state index is 5.83. The fourth-order valence-electron chi connectivity index (χ4n) is 2.08. The van der Waals surface area contributed by atoms with Crippen LogP contribution in [0.2, 0.25) is 0 Å². The van der Waals surface area contributed by atoms with Crippen LogP contribution in [0.5, 0.6) is 11.5 Å². The van der Waals surface area contributed by atoms with Crippen LogP contribution >= 0.6 is 0 Å². The Morgan fingerprint density at radius 2 is 1.90 bits per heavy atom. The minimum Gasteiger partial charge on any atom is -0.490 e. The quantitative estimate of drug-likeness (QED) is 0.757. The number of hydrogen-bond donors (Lipinski definition) is 1. The van der Waals surface area contributed by atoms with Crippen molar-refractivity contribution in [2.75, 3.05) is 13.2 Å². The molecule has 2 aromatic rings. The largest absolute Gasteiger partial charge is 0.490 e. The molecule has 0 aliphatic heterocycles. The van der Waals surface area contributed by atoms with E-state index in [0.717, 1.165) is 18.0 Å². The summed E-state index contributed by atoms with van der Waals surface area (Å²) in [4.78, 5) is 4.01. The maximum atomic E-state index is 5.83. The first-order chi connectivity index (χ1) is 10.4. The molecule has 0 bridgehead atoms. The molecule has 1 N–H and O–H groups in total. The zero-order valence-corrected chi connectivity index (χ0v) is 12.0. The van der Waals surface area contributed by atoms with Crippen molar-refractivity contribution in [1.82, 2.24) is 10.3 Å². The van der Waals surface area contributed by atoms with Crippen LogP contribution in [0.15, 0.2) is 48.8 Å². The zero-order chi connectivity index (χ0) is 14.3. The smallest absolute Gasteiger partial charge is 0.137 e. The Morgan fingerprint density at radius 3 is 2.71 bits per heavy atom. The predicted octanol–water partition coefficient (Wildman–Crippen LogP) is 2.79. The molecule has 110 valence electrons. The van der Waals surface area contributed by atoms with Gasteiger partial charge >= 0.3 is 0 Å². The average Bonchev–Trinajstić information content (AvgIpc) is 3.36. The summed E-state index contributed by atoms with van der Waals surface area (Å²) in [6, 6.07) is 12.6. The minimum atomic E-state index is 0.510. The molecule has 4 nitrogen and oxygen atoms in total. The lowest BCUT2D eigenvalue weighted by molar-refractivity contribution is 0.215. The number of ether oxygens (including phenoxy) is 2. The van der Waals surface area contributed by atoms with E-state index in [1.54, 1.807) is 12.4 Å². The van der Waals surface area contributed by atoms with Crippen LogP contribution in [0, 0.1) is 0 Å². The lowest BCUT2D eigenvalue weighted by Gasteiger charge is -2.12. The minimum absolute atomic E-state index is 0.510. The van der Waals surface area contributed by atoms with Gasteiger partial charge in [0, 0.05) is 24.3 Å². The summed E-state index contributed by atoms with van der Waals surface area (Å²) >= 11 is 0. The van der Waals surface area contributed by atoms with E-state index in [2.05, 4.69) is 16.4 Å². The van der Waals surface area contributed by atoms with Gasteiger partial charge in [0.25, 0.3) is 0 Å².